The van der Waals surface area contributed by atoms with Gasteiger partial charge in [-0.3, -0.25) is 9.89 Å². The third-order valence-electron chi connectivity index (χ3n) is 3.76. The lowest BCUT2D eigenvalue weighted by Gasteiger charge is -2.05. The molecule has 0 unspecified atom stereocenters. The second-order valence-electron chi connectivity index (χ2n) is 5.88. The number of ether oxygens (including phenoxy) is 2. The van der Waals surface area contributed by atoms with Crippen LogP contribution in [0.4, 0.5) is 0 Å². The van der Waals surface area contributed by atoms with E-state index < -0.39 is 0 Å². The minimum absolute atomic E-state index is 0.201. The number of rotatable bonds is 6. The summed E-state index contributed by atoms with van der Waals surface area (Å²) < 4.78 is 10.7. The van der Waals surface area contributed by atoms with Crippen LogP contribution in [0.1, 0.15) is 31.3 Å². The van der Waals surface area contributed by atoms with Crippen molar-refractivity contribution in [1.29, 1.82) is 0 Å². The van der Waals surface area contributed by atoms with Crippen LogP contribution in [0, 0.1) is 0 Å². The van der Waals surface area contributed by atoms with Crippen molar-refractivity contribution in [3.8, 4) is 22.9 Å². The van der Waals surface area contributed by atoms with Crippen molar-refractivity contribution in [2.45, 2.75) is 26.4 Å². The van der Waals surface area contributed by atoms with Gasteiger partial charge in [0.05, 0.1) is 12.7 Å². The maximum absolute atomic E-state index is 12.2. The number of hydrogen-bond acceptors (Lipinski definition) is 5. The molecule has 0 aliphatic carbocycles. The van der Waals surface area contributed by atoms with Crippen LogP contribution in [0.25, 0.3) is 11.4 Å². The summed E-state index contributed by atoms with van der Waals surface area (Å²) in [5.74, 6) is 2.60. The Balaban J connectivity index is 1.70. The summed E-state index contributed by atoms with van der Waals surface area (Å²) in [4.78, 5) is 19.4. The molecule has 3 rings (SSSR count). The smallest absolute Gasteiger partial charge is 0.259 e. The van der Waals surface area contributed by atoms with Gasteiger partial charge < -0.3 is 14.5 Å². The standard InChI is InChI=1S/C18H20N4O3/c1-11(2)15-9-8-14(18(23)19-15)17-20-16(21-22-17)10-25-13-6-4-12(24-3)5-7-13/h4-9,11H,10H2,1-3H3,(H,19,23)(H,20,21,22). The molecule has 0 spiro atoms. The Morgan fingerprint density at radius 3 is 2.44 bits per heavy atom. The van der Waals surface area contributed by atoms with Crippen LogP contribution in [-0.2, 0) is 6.61 Å². The molecule has 2 heterocycles. The van der Waals surface area contributed by atoms with Crippen LogP contribution < -0.4 is 15.0 Å². The minimum Gasteiger partial charge on any atom is -0.497 e. The first-order valence-electron chi connectivity index (χ1n) is 7.98. The molecule has 0 radical (unpaired) electrons. The van der Waals surface area contributed by atoms with Crippen molar-refractivity contribution < 1.29 is 9.47 Å². The van der Waals surface area contributed by atoms with Crippen molar-refractivity contribution in [3.63, 3.8) is 0 Å². The minimum atomic E-state index is -0.201. The first-order valence-corrected chi connectivity index (χ1v) is 7.98. The molecule has 0 fully saturated rings. The molecule has 2 aromatic heterocycles. The normalized spacial score (nSPS) is 10.9. The summed E-state index contributed by atoms with van der Waals surface area (Å²) in [6.07, 6.45) is 0. The van der Waals surface area contributed by atoms with E-state index in [1.165, 1.54) is 0 Å². The van der Waals surface area contributed by atoms with Gasteiger partial charge in [-0.25, -0.2) is 4.98 Å². The fourth-order valence-electron chi connectivity index (χ4n) is 2.31. The maximum Gasteiger partial charge on any atom is 0.259 e. The van der Waals surface area contributed by atoms with Gasteiger partial charge in [-0.2, -0.15) is 5.10 Å². The van der Waals surface area contributed by atoms with Gasteiger partial charge in [0.1, 0.15) is 18.1 Å². The quantitative estimate of drug-likeness (QED) is 0.720. The molecule has 0 aliphatic heterocycles. The highest BCUT2D eigenvalue weighted by Gasteiger charge is 2.11. The fraction of sp³-hybridized carbons (Fsp3) is 0.278. The zero-order valence-corrected chi connectivity index (χ0v) is 14.4. The second-order valence-corrected chi connectivity index (χ2v) is 5.88. The third kappa shape index (κ3) is 3.88. The van der Waals surface area contributed by atoms with E-state index in [2.05, 4.69) is 20.2 Å². The zero-order chi connectivity index (χ0) is 17.8. The van der Waals surface area contributed by atoms with Gasteiger partial charge in [-0.1, -0.05) is 13.8 Å². The maximum atomic E-state index is 12.2. The first-order chi connectivity index (χ1) is 12.1. The average molecular weight is 340 g/mol. The summed E-state index contributed by atoms with van der Waals surface area (Å²) in [5.41, 5.74) is 1.11. The number of hydrogen-bond donors (Lipinski definition) is 2. The molecule has 0 atom stereocenters. The number of H-pyrrole nitrogens is 2. The van der Waals surface area contributed by atoms with E-state index in [0.29, 0.717) is 23.0 Å². The van der Waals surface area contributed by atoms with Crippen LogP contribution >= 0.6 is 0 Å². The topological polar surface area (TPSA) is 92.9 Å². The zero-order valence-electron chi connectivity index (χ0n) is 14.4. The van der Waals surface area contributed by atoms with Crippen LogP contribution in [0.3, 0.4) is 0 Å². The van der Waals surface area contributed by atoms with Gasteiger partial charge in [0.25, 0.3) is 5.56 Å². The van der Waals surface area contributed by atoms with E-state index in [9.17, 15) is 4.79 Å². The highest BCUT2D eigenvalue weighted by atomic mass is 16.5. The second kappa shape index (κ2) is 7.21. The number of pyridine rings is 1. The molecule has 0 aliphatic rings. The van der Waals surface area contributed by atoms with Gasteiger partial charge in [0, 0.05) is 5.69 Å². The van der Waals surface area contributed by atoms with Gasteiger partial charge >= 0.3 is 0 Å². The number of benzene rings is 1. The molecule has 7 nitrogen and oxygen atoms in total. The number of methoxy groups -OCH3 is 1. The summed E-state index contributed by atoms with van der Waals surface area (Å²) in [6.45, 7) is 4.26. The van der Waals surface area contributed by atoms with Crippen LogP contribution in [0.2, 0.25) is 0 Å². The number of aromatic amines is 2. The molecule has 130 valence electrons. The molecule has 0 amide bonds. The Bertz CT molecular complexity index is 897. The SMILES string of the molecule is COc1ccc(OCc2nc(-c3ccc(C(C)C)[nH]c3=O)n[nH]2)cc1. The van der Waals surface area contributed by atoms with Crippen LogP contribution in [0.15, 0.2) is 41.2 Å². The van der Waals surface area contributed by atoms with Gasteiger partial charge in [0.15, 0.2) is 11.6 Å². The lowest BCUT2D eigenvalue weighted by molar-refractivity contribution is 0.296. The lowest BCUT2D eigenvalue weighted by Crippen LogP contribution is -2.12. The van der Waals surface area contributed by atoms with E-state index >= 15 is 0 Å². The van der Waals surface area contributed by atoms with Crippen molar-refractivity contribution in [2.24, 2.45) is 0 Å². The molecule has 2 N–H and O–H groups in total. The highest BCUT2D eigenvalue weighted by Crippen LogP contribution is 2.18. The van der Waals surface area contributed by atoms with E-state index in [0.717, 1.165) is 11.4 Å². The highest BCUT2D eigenvalue weighted by molar-refractivity contribution is 5.52. The molecule has 0 bridgehead atoms. The third-order valence-corrected chi connectivity index (χ3v) is 3.76. The van der Waals surface area contributed by atoms with Crippen LogP contribution in [0.5, 0.6) is 11.5 Å². The number of nitrogens with zero attached hydrogens (tertiary/aromatic N) is 2. The van der Waals surface area contributed by atoms with E-state index in [-0.39, 0.29) is 18.1 Å². The summed E-state index contributed by atoms with van der Waals surface area (Å²) >= 11 is 0. The Morgan fingerprint density at radius 2 is 1.80 bits per heavy atom. The van der Waals surface area contributed by atoms with E-state index in [1.807, 2.05) is 44.2 Å². The Hall–Kier alpha value is -3.09. The summed E-state index contributed by atoms with van der Waals surface area (Å²) in [5, 5.41) is 6.90. The average Bonchev–Trinajstić information content (AvgIpc) is 3.09. The largest absolute Gasteiger partial charge is 0.497 e. The monoisotopic (exact) mass is 340 g/mol. The Labute approximate surface area is 145 Å². The first kappa shape index (κ1) is 16.8. The molecule has 0 saturated carbocycles. The molecule has 0 saturated heterocycles. The predicted molar refractivity (Wildman–Crippen MR) is 93.9 cm³/mol. The van der Waals surface area contributed by atoms with Gasteiger partial charge in [-0.15, -0.1) is 0 Å². The summed E-state index contributed by atoms with van der Waals surface area (Å²) in [6, 6.07) is 10.9. The fourth-order valence-corrected chi connectivity index (χ4v) is 2.31. The van der Waals surface area contributed by atoms with Gasteiger partial charge in [0.2, 0.25) is 0 Å². The molecular weight excluding hydrogens is 320 g/mol. The van der Waals surface area contributed by atoms with Gasteiger partial charge in [-0.05, 0) is 42.3 Å². The summed E-state index contributed by atoms with van der Waals surface area (Å²) in [7, 11) is 1.61. The molecular formula is C18H20N4O3. The van der Waals surface area contributed by atoms with Crippen LogP contribution in [-0.4, -0.2) is 27.3 Å². The molecule has 25 heavy (non-hydrogen) atoms. The van der Waals surface area contributed by atoms with Crippen molar-refractivity contribution >= 4 is 0 Å². The lowest BCUT2D eigenvalue weighted by atomic mass is 10.1. The Morgan fingerprint density at radius 1 is 1.08 bits per heavy atom. The van der Waals surface area contributed by atoms with E-state index in [1.54, 1.807) is 13.2 Å². The number of nitrogens with one attached hydrogen (secondary N) is 2. The predicted octanol–water partition coefficient (Wildman–Crippen LogP) is 2.87. The van der Waals surface area contributed by atoms with E-state index in [4.69, 9.17) is 9.47 Å². The number of aromatic nitrogens is 4. The van der Waals surface area contributed by atoms with Crippen molar-refractivity contribution in [2.75, 3.05) is 7.11 Å². The van der Waals surface area contributed by atoms with Crippen molar-refractivity contribution in [3.05, 3.63) is 58.3 Å². The van der Waals surface area contributed by atoms with Crippen molar-refractivity contribution in [1.82, 2.24) is 20.2 Å². The molecule has 7 heteroatoms. The Kier molecular flexibility index (Phi) is 4.83. The molecule has 3 aromatic rings. The molecule has 1 aromatic carbocycles.